The lowest BCUT2D eigenvalue weighted by molar-refractivity contribution is -0.132. The number of Topliss-reactive ketones (excluding diaryl/α,β-unsaturated/α-hetero) is 1. The normalized spacial score (nSPS) is 16.4. The molecule has 3 aromatic carbocycles. The smallest absolute Gasteiger partial charge is 0.300 e. The number of ether oxygens (including phenoxy) is 4. The van der Waals surface area contributed by atoms with Gasteiger partial charge in [0.25, 0.3) is 11.7 Å². The lowest BCUT2D eigenvalue weighted by atomic mass is 9.94. The second-order valence-electron chi connectivity index (χ2n) is 9.90. The summed E-state index contributed by atoms with van der Waals surface area (Å²) in [4.78, 5) is 28.5. The van der Waals surface area contributed by atoms with Crippen LogP contribution in [0.4, 0.5) is 5.69 Å². The van der Waals surface area contributed by atoms with E-state index in [4.69, 9.17) is 18.9 Å². The summed E-state index contributed by atoms with van der Waals surface area (Å²) < 4.78 is 22.4. The third-order valence-electron chi connectivity index (χ3n) is 6.60. The van der Waals surface area contributed by atoms with Crippen molar-refractivity contribution < 1.29 is 33.6 Å². The third-order valence-corrected chi connectivity index (χ3v) is 6.60. The Bertz CT molecular complexity index is 1440. The summed E-state index contributed by atoms with van der Waals surface area (Å²) in [5.74, 6) is 0.688. The summed E-state index contributed by atoms with van der Waals surface area (Å²) in [6.45, 7) is 8.86. The maximum atomic E-state index is 13.6. The molecule has 1 fully saturated rings. The molecule has 1 amide bonds. The minimum atomic E-state index is -0.936. The highest BCUT2D eigenvalue weighted by Crippen LogP contribution is 2.45. The van der Waals surface area contributed by atoms with Gasteiger partial charge in [-0.3, -0.25) is 14.5 Å². The summed E-state index contributed by atoms with van der Waals surface area (Å²) in [5.41, 5.74) is 2.19. The van der Waals surface area contributed by atoms with E-state index in [0.29, 0.717) is 58.9 Å². The van der Waals surface area contributed by atoms with Crippen LogP contribution in [-0.2, 0) is 9.59 Å². The van der Waals surface area contributed by atoms with E-state index in [1.807, 2.05) is 13.8 Å². The zero-order valence-corrected chi connectivity index (χ0v) is 23.7. The molecule has 1 saturated heterocycles. The molecular weight excluding hydrogens is 510 g/mol. The van der Waals surface area contributed by atoms with Gasteiger partial charge in [0.2, 0.25) is 0 Å². The van der Waals surface area contributed by atoms with Crippen molar-refractivity contribution in [2.45, 2.75) is 33.7 Å². The zero-order valence-electron chi connectivity index (χ0n) is 23.7. The van der Waals surface area contributed by atoms with E-state index in [-0.39, 0.29) is 11.3 Å². The van der Waals surface area contributed by atoms with Crippen LogP contribution >= 0.6 is 0 Å². The number of anilines is 1. The fourth-order valence-electron chi connectivity index (χ4n) is 4.70. The number of rotatable bonds is 10. The van der Waals surface area contributed by atoms with Gasteiger partial charge in [-0.15, -0.1) is 0 Å². The topological polar surface area (TPSA) is 94.5 Å². The lowest BCUT2D eigenvalue weighted by Crippen LogP contribution is -2.29. The lowest BCUT2D eigenvalue weighted by Gasteiger charge is -2.26. The van der Waals surface area contributed by atoms with Crippen LogP contribution in [0.15, 0.2) is 66.2 Å². The molecule has 1 unspecified atom stereocenters. The molecular formula is C32H35NO7. The molecule has 8 heteroatoms. The van der Waals surface area contributed by atoms with Crippen LogP contribution in [0.2, 0.25) is 0 Å². The minimum Gasteiger partial charge on any atom is -0.507 e. The van der Waals surface area contributed by atoms with Gasteiger partial charge in [0.05, 0.1) is 39.0 Å². The van der Waals surface area contributed by atoms with E-state index >= 15 is 0 Å². The minimum absolute atomic E-state index is 0.0331. The van der Waals surface area contributed by atoms with Crippen molar-refractivity contribution in [1.82, 2.24) is 0 Å². The number of benzene rings is 3. The highest BCUT2D eigenvalue weighted by Gasteiger charge is 2.47. The number of hydrogen-bond acceptors (Lipinski definition) is 7. The number of methoxy groups -OCH3 is 2. The van der Waals surface area contributed by atoms with E-state index in [1.165, 1.54) is 19.1 Å². The van der Waals surface area contributed by atoms with E-state index in [1.54, 1.807) is 60.7 Å². The first-order valence-electron chi connectivity index (χ1n) is 13.2. The highest BCUT2D eigenvalue weighted by atomic mass is 16.5. The number of carbonyl (C=O) groups excluding carboxylic acids is 2. The summed E-state index contributed by atoms with van der Waals surface area (Å²) in [7, 11) is 3.04. The molecule has 1 N–H and O–H groups in total. The Balaban J connectivity index is 1.89. The van der Waals surface area contributed by atoms with Gasteiger partial charge >= 0.3 is 0 Å². The van der Waals surface area contributed by atoms with Crippen LogP contribution in [0.3, 0.4) is 0 Å². The number of aryl methyl sites for hydroxylation is 1. The molecule has 0 saturated carbocycles. The van der Waals surface area contributed by atoms with Gasteiger partial charge in [-0.05, 0) is 73.4 Å². The quantitative estimate of drug-likeness (QED) is 0.188. The zero-order chi connectivity index (χ0) is 29.0. The van der Waals surface area contributed by atoms with Crippen molar-refractivity contribution in [1.29, 1.82) is 0 Å². The van der Waals surface area contributed by atoms with Crippen LogP contribution in [0, 0.1) is 12.8 Å². The van der Waals surface area contributed by atoms with Gasteiger partial charge in [-0.2, -0.15) is 0 Å². The van der Waals surface area contributed by atoms with E-state index in [0.717, 1.165) is 5.56 Å². The van der Waals surface area contributed by atoms with E-state index < -0.39 is 17.7 Å². The van der Waals surface area contributed by atoms with Crippen LogP contribution in [0.25, 0.3) is 5.76 Å². The number of hydrogen-bond donors (Lipinski definition) is 1. The van der Waals surface area contributed by atoms with Gasteiger partial charge in [0.1, 0.15) is 17.3 Å². The predicted octanol–water partition coefficient (Wildman–Crippen LogP) is 6.07. The summed E-state index contributed by atoms with van der Waals surface area (Å²) in [6.07, 6.45) is 0. The van der Waals surface area contributed by atoms with Gasteiger partial charge in [0, 0.05) is 17.3 Å². The third kappa shape index (κ3) is 5.61. The Morgan fingerprint density at radius 3 is 2.30 bits per heavy atom. The SMILES string of the molecule is CCOc1cccc(N2C(=O)C(=O)/C(=C(\O)c3ccc(OCC(C)C)c(C)c3)C2c2ccc(OC)c(OC)c2)c1. The Kier molecular flexibility index (Phi) is 8.67. The van der Waals surface area contributed by atoms with Gasteiger partial charge < -0.3 is 24.1 Å². The number of aliphatic hydroxyl groups excluding tert-OH is 1. The summed E-state index contributed by atoms with van der Waals surface area (Å²) in [5, 5.41) is 11.6. The van der Waals surface area contributed by atoms with Crippen molar-refractivity contribution in [2.75, 3.05) is 32.3 Å². The first kappa shape index (κ1) is 28.5. The molecule has 1 heterocycles. The number of nitrogens with zero attached hydrogens (tertiary/aromatic N) is 1. The van der Waals surface area contributed by atoms with Gasteiger partial charge in [-0.1, -0.05) is 26.0 Å². The molecule has 210 valence electrons. The number of aliphatic hydroxyl groups is 1. The van der Waals surface area contributed by atoms with Crippen molar-refractivity contribution in [3.63, 3.8) is 0 Å². The van der Waals surface area contributed by atoms with Crippen molar-refractivity contribution >= 4 is 23.1 Å². The average Bonchev–Trinajstić information content (AvgIpc) is 3.21. The van der Waals surface area contributed by atoms with Gasteiger partial charge in [0.15, 0.2) is 11.5 Å². The van der Waals surface area contributed by atoms with E-state index in [9.17, 15) is 14.7 Å². The summed E-state index contributed by atoms with van der Waals surface area (Å²) in [6, 6.07) is 16.4. The van der Waals surface area contributed by atoms with Crippen molar-refractivity contribution in [3.05, 3.63) is 82.9 Å². The number of carbonyl (C=O) groups is 2. The molecule has 0 aliphatic carbocycles. The molecule has 1 aliphatic heterocycles. The summed E-state index contributed by atoms with van der Waals surface area (Å²) >= 11 is 0. The molecule has 4 rings (SSSR count). The first-order chi connectivity index (χ1) is 19.2. The Morgan fingerprint density at radius 1 is 0.925 bits per heavy atom. The van der Waals surface area contributed by atoms with Crippen LogP contribution in [0.1, 0.15) is 43.5 Å². The fourth-order valence-corrected chi connectivity index (χ4v) is 4.70. The first-order valence-corrected chi connectivity index (χ1v) is 13.2. The second kappa shape index (κ2) is 12.2. The average molecular weight is 546 g/mol. The maximum Gasteiger partial charge on any atom is 0.300 e. The molecule has 1 aliphatic rings. The Morgan fingerprint density at radius 2 is 1.65 bits per heavy atom. The van der Waals surface area contributed by atoms with Crippen molar-refractivity contribution in [2.24, 2.45) is 5.92 Å². The monoisotopic (exact) mass is 545 g/mol. The Labute approximate surface area is 234 Å². The molecule has 3 aromatic rings. The Hall–Kier alpha value is -4.46. The highest BCUT2D eigenvalue weighted by molar-refractivity contribution is 6.51. The van der Waals surface area contributed by atoms with Crippen molar-refractivity contribution in [3.8, 4) is 23.0 Å². The van der Waals surface area contributed by atoms with Crippen LogP contribution in [0.5, 0.6) is 23.0 Å². The maximum absolute atomic E-state index is 13.6. The molecule has 0 radical (unpaired) electrons. The predicted molar refractivity (Wildman–Crippen MR) is 153 cm³/mol. The molecule has 0 aromatic heterocycles. The largest absolute Gasteiger partial charge is 0.507 e. The van der Waals surface area contributed by atoms with Crippen LogP contribution < -0.4 is 23.8 Å². The molecule has 1 atom stereocenters. The van der Waals surface area contributed by atoms with Crippen LogP contribution in [-0.4, -0.2) is 44.2 Å². The second-order valence-corrected chi connectivity index (χ2v) is 9.90. The molecule has 40 heavy (non-hydrogen) atoms. The standard InChI is InChI=1S/C32H35NO7/c1-7-39-24-10-8-9-23(17-24)33-29(21-11-14-26(37-5)27(16-21)38-6)28(31(35)32(33)36)30(34)22-12-13-25(20(4)15-22)40-18-19(2)3/h8-17,19,29,34H,7,18H2,1-6H3/b30-28-. The molecule has 0 bridgehead atoms. The molecule has 0 spiro atoms. The van der Waals surface area contributed by atoms with E-state index in [2.05, 4.69) is 13.8 Å². The number of amides is 1. The van der Waals surface area contributed by atoms with Gasteiger partial charge in [-0.25, -0.2) is 0 Å². The molecule has 8 nitrogen and oxygen atoms in total. The number of ketones is 1. The fraction of sp³-hybridized carbons (Fsp3) is 0.312.